The van der Waals surface area contributed by atoms with Crippen LogP contribution in [0.25, 0.3) is 0 Å². The molecule has 0 amide bonds. The Bertz CT molecular complexity index is 224. The molecule has 0 fully saturated rings. The van der Waals surface area contributed by atoms with Gasteiger partial charge in [-0.15, -0.1) is 0 Å². The molecule has 0 aliphatic carbocycles. The second-order valence-electron chi connectivity index (χ2n) is 3.10. The minimum Gasteiger partial charge on any atom is -0.460 e. The molecule has 0 rings (SSSR count). The molecule has 0 radical (unpaired) electrons. The van der Waals surface area contributed by atoms with E-state index in [1.54, 1.807) is 6.92 Å². The van der Waals surface area contributed by atoms with Crippen LogP contribution in [0, 0.1) is 0 Å². The van der Waals surface area contributed by atoms with Gasteiger partial charge < -0.3 is 19.0 Å². The molecular weight excluding hydrogens is 212 g/mol. The summed E-state index contributed by atoms with van der Waals surface area (Å²) in [7, 11) is 0. The first-order chi connectivity index (χ1) is 7.68. The lowest BCUT2D eigenvalue weighted by Gasteiger charge is -2.06. The third-order valence-corrected chi connectivity index (χ3v) is 1.56. The Labute approximate surface area is 95.4 Å². The molecule has 5 heteroatoms. The van der Waals surface area contributed by atoms with Crippen LogP contribution in [0.4, 0.5) is 0 Å². The fourth-order valence-electron chi connectivity index (χ4n) is 0.770. The zero-order chi connectivity index (χ0) is 12.2. The van der Waals surface area contributed by atoms with Gasteiger partial charge in [0.25, 0.3) is 0 Å². The van der Waals surface area contributed by atoms with Gasteiger partial charge in [-0.3, -0.25) is 0 Å². The van der Waals surface area contributed by atoms with Crippen LogP contribution in [-0.4, -0.2) is 45.3 Å². The Kier molecular flexibility index (Phi) is 9.55. The Morgan fingerprint density at radius 1 is 1.12 bits per heavy atom. The minimum absolute atomic E-state index is 0.208. The monoisotopic (exact) mass is 230 g/mol. The van der Waals surface area contributed by atoms with Crippen LogP contribution in [0.5, 0.6) is 0 Å². The lowest BCUT2D eigenvalue weighted by molar-refractivity contribution is -0.140. The molecule has 0 spiro atoms. The summed E-state index contributed by atoms with van der Waals surface area (Å²) in [5.74, 6) is -0.411. The lowest BCUT2D eigenvalue weighted by atomic mass is 10.4. The quantitative estimate of drug-likeness (QED) is 0.239. The molecule has 0 aromatic heterocycles. The van der Waals surface area contributed by atoms with Gasteiger partial charge in [0.15, 0.2) is 0 Å². The fraction of sp³-hybridized carbons (Fsp3) is 0.636. The third kappa shape index (κ3) is 9.36. The Hall–Kier alpha value is -1.20. The molecule has 92 valence electrons. The van der Waals surface area contributed by atoms with E-state index >= 15 is 0 Å². The molecule has 0 unspecified atom stereocenters. The maximum Gasteiger partial charge on any atom is 0.333 e. The van der Waals surface area contributed by atoms with Gasteiger partial charge in [-0.25, -0.2) is 4.79 Å². The molecule has 5 nitrogen and oxygen atoms in total. The van der Waals surface area contributed by atoms with Crippen LogP contribution in [-0.2, 0) is 23.8 Å². The third-order valence-electron chi connectivity index (χ3n) is 1.56. The van der Waals surface area contributed by atoms with Crippen LogP contribution in [0.1, 0.15) is 13.3 Å². The molecule has 0 aromatic carbocycles. The average molecular weight is 230 g/mol. The zero-order valence-electron chi connectivity index (χ0n) is 9.57. The molecule has 0 atom stereocenters. The van der Waals surface area contributed by atoms with Crippen LogP contribution in [0.2, 0.25) is 0 Å². The van der Waals surface area contributed by atoms with Crippen molar-refractivity contribution in [3.63, 3.8) is 0 Å². The smallest absolute Gasteiger partial charge is 0.333 e. The number of aldehydes is 1. The molecular formula is C11H18O5. The van der Waals surface area contributed by atoms with Crippen molar-refractivity contribution in [1.82, 2.24) is 0 Å². The summed E-state index contributed by atoms with van der Waals surface area (Å²) >= 11 is 0. The molecule has 0 saturated carbocycles. The highest BCUT2D eigenvalue weighted by molar-refractivity contribution is 5.86. The number of hydrogen-bond acceptors (Lipinski definition) is 5. The molecule has 0 aliphatic rings. The topological polar surface area (TPSA) is 61.8 Å². The van der Waals surface area contributed by atoms with Crippen LogP contribution < -0.4 is 0 Å². The van der Waals surface area contributed by atoms with Crippen LogP contribution in [0.15, 0.2) is 12.2 Å². The van der Waals surface area contributed by atoms with Crippen LogP contribution in [0.3, 0.4) is 0 Å². The van der Waals surface area contributed by atoms with Crippen molar-refractivity contribution in [3.8, 4) is 0 Å². The SMILES string of the molecule is C=C(C)C(=O)OCCOCCOCCC=O. The van der Waals surface area contributed by atoms with Crippen molar-refractivity contribution in [1.29, 1.82) is 0 Å². The number of hydrogen-bond donors (Lipinski definition) is 0. The highest BCUT2D eigenvalue weighted by atomic mass is 16.6. The summed E-state index contributed by atoms with van der Waals surface area (Å²) < 4.78 is 15.0. The Morgan fingerprint density at radius 3 is 2.25 bits per heavy atom. The summed E-state index contributed by atoms with van der Waals surface area (Å²) in [6.45, 7) is 6.84. The van der Waals surface area contributed by atoms with Gasteiger partial charge in [-0.1, -0.05) is 6.58 Å². The van der Waals surface area contributed by atoms with Crippen molar-refractivity contribution in [3.05, 3.63) is 12.2 Å². The normalized spacial score (nSPS) is 9.81. The van der Waals surface area contributed by atoms with Gasteiger partial charge in [-0.05, 0) is 6.92 Å². The van der Waals surface area contributed by atoms with Gasteiger partial charge >= 0.3 is 5.97 Å². The first-order valence-electron chi connectivity index (χ1n) is 5.10. The molecule has 16 heavy (non-hydrogen) atoms. The number of carbonyl (C=O) groups excluding carboxylic acids is 2. The largest absolute Gasteiger partial charge is 0.460 e. The summed E-state index contributed by atoms with van der Waals surface area (Å²) in [5.41, 5.74) is 0.372. The number of carbonyl (C=O) groups is 2. The highest BCUT2D eigenvalue weighted by Crippen LogP contribution is 1.91. The van der Waals surface area contributed by atoms with E-state index in [0.29, 0.717) is 38.4 Å². The van der Waals surface area contributed by atoms with Gasteiger partial charge in [0.2, 0.25) is 0 Å². The van der Waals surface area contributed by atoms with Crippen molar-refractivity contribution < 1.29 is 23.8 Å². The second-order valence-corrected chi connectivity index (χ2v) is 3.10. The number of rotatable bonds is 10. The summed E-state index contributed by atoms with van der Waals surface area (Å²) in [4.78, 5) is 20.8. The van der Waals surface area contributed by atoms with E-state index in [4.69, 9.17) is 14.2 Å². The molecule has 0 aromatic rings. The Morgan fingerprint density at radius 2 is 1.69 bits per heavy atom. The summed E-state index contributed by atoms with van der Waals surface area (Å²) in [6.07, 6.45) is 1.20. The van der Waals surface area contributed by atoms with E-state index in [9.17, 15) is 9.59 Å². The van der Waals surface area contributed by atoms with Crippen molar-refractivity contribution in [2.75, 3.05) is 33.0 Å². The second kappa shape index (κ2) is 10.3. The minimum atomic E-state index is -0.411. The van der Waals surface area contributed by atoms with E-state index in [-0.39, 0.29) is 6.61 Å². The Balaban J connectivity index is 3.12. The summed E-state index contributed by atoms with van der Waals surface area (Å²) in [6, 6.07) is 0. The van der Waals surface area contributed by atoms with Gasteiger partial charge in [-0.2, -0.15) is 0 Å². The van der Waals surface area contributed by atoms with Crippen molar-refractivity contribution >= 4 is 12.3 Å². The number of ether oxygens (including phenoxy) is 3. The van der Waals surface area contributed by atoms with E-state index < -0.39 is 5.97 Å². The maximum absolute atomic E-state index is 10.9. The molecule has 0 saturated heterocycles. The predicted octanol–water partition coefficient (Wildman–Crippen LogP) is 0.728. The van der Waals surface area contributed by atoms with Crippen molar-refractivity contribution in [2.45, 2.75) is 13.3 Å². The molecule has 0 bridgehead atoms. The van der Waals surface area contributed by atoms with E-state index in [1.165, 1.54) is 0 Å². The van der Waals surface area contributed by atoms with Gasteiger partial charge in [0.1, 0.15) is 12.9 Å². The van der Waals surface area contributed by atoms with Crippen LogP contribution >= 0.6 is 0 Å². The molecule has 0 aliphatic heterocycles. The average Bonchev–Trinajstić information content (AvgIpc) is 2.26. The van der Waals surface area contributed by atoms with Crippen molar-refractivity contribution in [2.24, 2.45) is 0 Å². The fourth-order valence-corrected chi connectivity index (χ4v) is 0.770. The zero-order valence-corrected chi connectivity index (χ0v) is 9.57. The summed E-state index contributed by atoms with van der Waals surface area (Å²) in [5, 5.41) is 0. The van der Waals surface area contributed by atoms with E-state index in [0.717, 1.165) is 6.29 Å². The van der Waals surface area contributed by atoms with Gasteiger partial charge in [0.05, 0.1) is 26.4 Å². The maximum atomic E-state index is 10.9. The number of esters is 1. The first-order valence-corrected chi connectivity index (χ1v) is 5.10. The van der Waals surface area contributed by atoms with E-state index in [1.807, 2.05) is 0 Å². The first kappa shape index (κ1) is 14.8. The lowest BCUT2D eigenvalue weighted by Crippen LogP contribution is -2.13. The predicted molar refractivity (Wildman–Crippen MR) is 58.1 cm³/mol. The van der Waals surface area contributed by atoms with Gasteiger partial charge in [0, 0.05) is 12.0 Å². The highest BCUT2D eigenvalue weighted by Gasteiger charge is 2.01. The van der Waals surface area contributed by atoms with E-state index in [2.05, 4.69) is 6.58 Å². The molecule has 0 N–H and O–H groups in total. The standard InChI is InChI=1S/C11H18O5/c1-10(2)11(13)16-9-8-15-7-6-14-5-3-4-12/h4H,1,3,5-9H2,2H3. The molecule has 0 heterocycles.